The maximum absolute atomic E-state index is 11.8. The summed E-state index contributed by atoms with van der Waals surface area (Å²) in [5.74, 6) is -0.0315. The molecular weight excluding hydrogens is 249 g/mol. The molecule has 0 spiro atoms. The second kappa shape index (κ2) is 6.18. The highest BCUT2D eigenvalue weighted by Crippen LogP contribution is 2.20. The van der Waals surface area contributed by atoms with Crippen molar-refractivity contribution >= 4 is 11.7 Å². The Hall–Kier alpha value is -1.86. The van der Waals surface area contributed by atoms with Gasteiger partial charge in [-0.2, -0.15) is 13.2 Å². The molecule has 0 unspecified atom stereocenters. The smallest absolute Gasteiger partial charge is 0.372 e. The van der Waals surface area contributed by atoms with Gasteiger partial charge in [-0.15, -0.1) is 0 Å². The summed E-state index contributed by atoms with van der Waals surface area (Å²) in [6, 6.07) is 0. The average molecular weight is 262 g/mol. The molecule has 0 radical (unpaired) electrons. The molecular formula is C10H13F3N4O. The van der Waals surface area contributed by atoms with Gasteiger partial charge in [0.15, 0.2) is 0 Å². The van der Waals surface area contributed by atoms with Crippen LogP contribution in [0.5, 0.6) is 0 Å². The molecule has 0 aliphatic rings. The van der Waals surface area contributed by atoms with E-state index >= 15 is 0 Å². The van der Waals surface area contributed by atoms with Gasteiger partial charge in [-0.1, -0.05) is 0 Å². The van der Waals surface area contributed by atoms with Gasteiger partial charge in [-0.05, 0) is 6.42 Å². The minimum atomic E-state index is -4.20. The van der Waals surface area contributed by atoms with Crippen molar-refractivity contribution in [3.63, 3.8) is 0 Å². The molecule has 2 N–H and O–H groups in total. The Labute approximate surface area is 102 Å². The minimum Gasteiger partial charge on any atom is -0.372 e. The van der Waals surface area contributed by atoms with Crippen LogP contribution in [0.15, 0.2) is 12.4 Å². The molecule has 0 saturated heterocycles. The van der Waals surface area contributed by atoms with Crippen molar-refractivity contribution in [3.8, 4) is 0 Å². The Balaban J connectivity index is 2.36. The van der Waals surface area contributed by atoms with Gasteiger partial charge in [-0.25, -0.2) is 9.97 Å². The maximum atomic E-state index is 11.8. The lowest BCUT2D eigenvalue weighted by Crippen LogP contribution is -2.26. The minimum absolute atomic E-state index is 0.0478. The number of hydrogen-bond donors (Lipinski definition) is 2. The fourth-order valence-electron chi connectivity index (χ4n) is 1.16. The Kier molecular flexibility index (Phi) is 4.87. The van der Waals surface area contributed by atoms with Crippen molar-refractivity contribution in [2.45, 2.75) is 19.0 Å². The van der Waals surface area contributed by atoms with Gasteiger partial charge < -0.3 is 10.6 Å². The summed E-state index contributed by atoms with van der Waals surface area (Å²) >= 11 is 0. The number of amides is 1. The first-order valence-corrected chi connectivity index (χ1v) is 5.27. The van der Waals surface area contributed by atoms with Crippen LogP contribution in [0.1, 0.15) is 23.3 Å². The molecule has 0 saturated carbocycles. The topological polar surface area (TPSA) is 66.9 Å². The molecule has 1 heterocycles. The van der Waals surface area contributed by atoms with Gasteiger partial charge in [0.05, 0.1) is 12.4 Å². The van der Waals surface area contributed by atoms with Crippen LogP contribution in [0.3, 0.4) is 0 Å². The molecule has 0 aliphatic carbocycles. The maximum Gasteiger partial charge on any atom is 0.389 e. The Morgan fingerprint density at radius 1 is 1.33 bits per heavy atom. The van der Waals surface area contributed by atoms with E-state index < -0.39 is 18.5 Å². The number of rotatable bonds is 5. The number of carbonyl (C=O) groups is 1. The molecule has 1 aromatic rings. The zero-order valence-electron chi connectivity index (χ0n) is 9.71. The van der Waals surface area contributed by atoms with Gasteiger partial charge in [0.25, 0.3) is 5.91 Å². The zero-order chi connectivity index (χ0) is 13.6. The summed E-state index contributed by atoms with van der Waals surface area (Å²) in [4.78, 5) is 19.1. The highest BCUT2D eigenvalue weighted by molar-refractivity contribution is 5.91. The molecule has 0 aromatic carbocycles. The Morgan fingerprint density at radius 3 is 2.56 bits per heavy atom. The first-order valence-electron chi connectivity index (χ1n) is 5.27. The van der Waals surface area contributed by atoms with Gasteiger partial charge in [0.2, 0.25) is 0 Å². The van der Waals surface area contributed by atoms with E-state index in [1.807, 2.05) is 0 Å². The van der Waals surface area contributed by atoms with E-state index in [1.54, 1.807) is 7.05 Å². The fraction of sp³-hybridized carbons (Fsp3) is 0.500. The van der Waals surface area contributed by atoms with Crippen molar-refractivity contribution in [1.82, 2.24) is 15.3 Å². The number of nitrogens with one attached hydrogen (secondary N) is 2. The van der Waals surface area contributed by atoms with Crippen molar-refractivity contribution in [2.75, 3.05) is 18.9 Å². The molecule has 0 atom stereocenters. The van der Waals surface area contributed by atoms with E-state index in [0.29, 0.717) is 5.82 Å². The molecule has 0 aliphatic heterocycles. The van der Waals surface area contributed by atoms with Gasteiger partial charge in [0, 0.05) is 20.0 Å². The predicted molar refractivity (Wildman–Crippen MR) is 59.2 cm³/mol. The van der Waals surface area contributed by atoms with Crippen molar-refractivity contribution in [3.05, 3.63) is 18.1 Å². The number of hydrogen-bond acceptors (Lipinski definition) is 4. The van der Waals surface area contributed by atoms with Crippen molar-refractivity contribution in [1.29, 1.82) is 0 Å². The van der Waals surface area contributed by atoms with E-state index in [4.69, 9.17) is 0 Å². The third-order valence-electron chi connectivity index (χ3n) is 2.06. The lowest BCUT2D eigenvalue weighted by atomic mass is 10.3. The van der Waals surface area contributed by atoms with Crippen LogP contribution in [0.4, 0.5) is 19.0 Å². The highest BCUT2D eigenvalue weighted by Gasteiger charge is 2.26. The summed E-state index contributed by atoms with van der Waals surface area (Å²) in [7, 11) is 1.65. The molecule has 8 heteroatoms. The van der Waals surface area contributed by atoms with Crippen molar-refractivity contribution < 1.29 is 18.0 Å². The second-order valence-electron chi connectivity index (χ2n) is 3.51. The first-order chi connectivity index (χ1) is 8.42. The van der Waals surface area contributed by atoms with Crippen LogP contribution in [-0.4, -0.2) is 35.6 Å². The lowest BCUT2D eigenvalue weighted by Gasteiger charge is -2.07. The number of carbonyl (C=O) groups excluding carboxylic acids is 1. The lowest BCUT2D eigenvalue weighted by molar-refractivity contribution is -0.135. The molecule has 0 bridgehead atoms. The van der Waals surface area contributed by atoms with E-state index in [0.717, 1.165) is 0 Å². The SMILES string of the molecule is CNc1cnc(C(=O)NCCCC(F)(F)F)cn1. The molecule has 5 nitrogen and oxygen atoms in total. The largest absolute Gasteiger partial charge is 0.389 e. The second-order valence-corrected chi connectivity index (χ2v) is 3.51. The summed E-state index contributed by atoms with van der Waals surface area (Å²) < 4.78 is 35.5. The highest BCUT2D eigenvalue weighted by atomic mass is 19.4. The van der Waals surface area contributed by atoms with Gasteiger partial charge in [0.1, 0.15) is 11.5 Å². The Bertz CT molecular complexity index is 391. The van der Waals surface area contributed by atoms with Crippen LogP contribution in [-0.2, 0) is 0 Å². The standard InChI is InChI=1S/C10H13F3N4O/c1-14-8-6-16-7(5-17-8)9(18)15-4-2-3-10(11,12)13/h5-6H,2-4H2,1H3,(H,14,17)(H,15,18). The summed E-state index contributed by atoms with van der Waals surface area (Å²) in [6.45, 7) is -0.0478. The van der Waals surface area contributed by atoms with Crippen molar-refractivity contribution in [2.24, 2.45) is 0 Å². The van der Waals surface area contributed by atoms with Crippen LogP contribution < -0.4 is 10.6 Å². The number of alkyl halides is 3. The van der Waals surface area contributed by atoms with E-state index in [9.17, 15) is 18.0 Å². The Morgan fingerprint density at radius 2 is 2.06 bits per heavy atom. The van der Waals surface area contributed by atoms with Gasteiger partial charge >= 0.3 is 6.18 Å². The predicted octanol–water partition coefficient (Wildman–Crippen LogP) is 1.59. The number of nitrogens with zero attached hydrogens (tertiary/aromatic N) is 2. The summed E-state index contributed by atoms with van der Waals surface area (Å²) in [6.07, 6.45) is -2.65. The van der Waals surface area contributed by atoms with Crippen LogP contribution in [0, 0.1) is 0 Å². The molecule has 100 valence electrons. The van der Waals surface area contributed by atoms with Crippen LogP contribution in [0.25, 0.3) is 0 Å². The first kappa shape index (κ1) is 14.2. The third kappa shape index (κ3) is 4.98. The molecule has 1 rings (SSSR count). The van der Waals surface area contributed by atoms with Crippen LogP contribution >= 0.6 is 0 Å². The third-order valence-corrected chi connectivity index (χ3v) is 2.06. The monoisotopic (exact) mass is 262 g/mol. The quantitative estimate of drug-likeness (QED) is 0.791. The van der Waals surface area contributed by atoms with E-state index in [-0.39, 0.29) is 18.7 Å². The van der Waals surface area contributed by atoms with E-state index in [1.165, 1.54) is 12.4 Å². The summed E-state index contributed by atoms with van der Waals surface area (Å²) in [5.41, 5.74) is 0.0704. The number of halogens is 3. The van der Waals surface area contributed by atoms with Gasteiger partial charge in [-0.3, -0.25) is 4.79 Å². The van der Waals surface area contributed by atoms with E-state index in [2.05, 4.69) is 20.6 Å². The average Bonchev–Trinajstić information content (AvgIpc) is 2.33. The zero-order valence-corrected chi connectivity index (χ0v) is 9.71. The molecule has 0 fully saturated rings. The normalized spacial score (nSPS) is 11.1. The molecule has 18 heavy (non-hydrogen) atoms. The van der Waals surface area contributed by atoms with Crippen LogP contribution in [0.2, 0.25) is 0 Å². The molecule has 1 aromatic heterocycles. The summed E-state index contributed by atoms with van der Waals surface area (Å²) in [5, 5.41) is 5.08. The molecule has 1 amide bonds. The fourth-order valence-corrected chi connectivity index (χ4v) is 1.16. The number of aromatic nitrogens is 2. The number of anilines is 1.